The molecule has 2 aromatic carbocycles. The van der Waals surface area contributed by atoms with Crippen molar-refractivity contribution in [1.82, 2.24) is 0 Å². The van der Waals surface area contributed by atoms with Crippen molar-refractivity contribution in [3.63, 3.8) is 0 Å². The monoisotopic (exact) mass is 436 g/mol. The van der Waals surface area contributed by atoms with Crippen LogP contribution in [0, 0.1) is 0 Å². The molecule has 0 amide bonds. The fourth-order valence-corrected chi connectivity index (χ4v) is 2.25. The Morgan fingerprint density at radius 1 is 0.969 bits per heavy atom. The molecule has 174 valence electrons. The highest BCUT2D eigenvalue weighted by Gasteiger charge is 2.18. The largest absolute Gasteiger partial charge is 0.508 e. The first-order valence-corrected chi connectivity index (χ1v) is 10.8. The van der Waals surface area contributed by atoms with Gasteiger partial charge in [-0.15, -0.1) is 0 Å². The number of phenols is 1. The first-order chi connectivity index (χ1) is 14.8. The van der Waals surface area contributed by atoms with Crippen LogP contribution in [0.3, 0.4) is 0 Å². The number of benzene rings is 2. The molecule has 0 aromatic heterocycles. The first-order valence-electron chi connectivity index (χ1n) is 10.8. The van der Waals surface area contributed by atoms with Crippen LogP contribution in [0.4, 0.5) is 0 Å². The summed E-state index contributed by atoms with van der Waals surface area (Å²) in [6.45, 7) is 25.1. The molecule has 32 heavy (non-hydrogen) atoms. The molecule has 3 heteroatoms. The van der Waals surface area contributed by atoms with E-state index in [1.807, 2.05) is 45.9 Å². The van der Waals surface area contributed by atoms with E-state index in [0.717, 1.165) is 17.6 Å². The summed E-state index contributed by atoms with van der Waals surface area (Å²) in [5, 5.41) is 8.91. The van der Waals surface area contributed by atoms with Crippen molar-refractivity contribution in [3.05, 3.63) is 91.0 Å². The molecule has 0 heterocycles. The molecule has 0 radical (unpaired) electrons. The van der Waals surface area contributed by atoms with Crippen molar-refractivity contribution < 1.29 is 14.6 Å². The van der Waals surface area contributed by atoms with E-state index in [4.69, 9.17) is 9.84 Å². The molecule has 0 aliphatic heterocycles. The van der Waals surface area contributed by atoms with E-state index in [9.17, 15) is 4.79 Å². The van der Waals surface area contributed by atoms with Gasteiger partial charge in [0.1, 0.15) is 11.4 Å². The standard InChI is InChI=1S/C12H16.C9H10O.C8H14O2/c1-5-10-6-8-11(9-7-10)12(2,3)4;1-7(2)8-3-5-9(10)6-4-8;1-5-7(9)10-8(3,4)6-2/h5-9H,1H2,2-4H3;3-6,10H,1H2,2H3;5H,1,6H2,2-4H3. The van der Waals surface area contributed by atoms with Gasteiger partial charge < -0.3 is 9.84 Å². The lowest BCUT2D eigenvalue weighted by Gasteiger charge is -2.21. The quantitative estimate of drug-likeness (QED) is 0.382. The van der Waals surface area contributed by atoms with Gasteiger partial charge in [0.2, 0.25) is 0 Å². The first kappa shape index (κ1) is 28.9. The summed E-state index contributed by atoms with van der Waals surface area (Å²) in [4.78, 5) is 10.6. The van der Waals surface area contributed by atoms with Crippen molar-refractivity contribution in [2.75, 3.05) is 0 Å². The maximum atomic E-state index is 10.6. The van der Waals surface area contributed by atoms with Gasteiger partial charge in [-0.2, -0.15) is 0 Å². The second-order valence-corrected chi connectivity index (χ2v) is 9.14. The molecule has 0 atom stereocenters. The molecular weight excluding hydrogens is 396 g/mol. The second kappa shape index (κ2) is 13.4. The summed E-state index contributed by atoms with van der Waals surface area (Å²) in [5.41, 5.74) is 4.53. The molecule has 0 spiro atoms. The van der Waals surface area contributed by atoms with E-state index in [1.54, 1.807) is 12.1 Å². The van der Waals surface area contributed by atoms with Crippen molar-refractivity contribution >= 4 is 17.6 Å². The van der Waals surface area contributed by atoms with Gasteiger partial charge in [0.05, 0.1) is 0 Å². The number of hydrogen-bond donors (Lipinski definition) is 1. The predicted octanol–water partition coefficient (Wildman–Crippen LogP) is 7.96. The lowest BCUT2D eigenvalue weighted by atomic mass is 9.87. The van der Waals surface area contributed by atoms with Gasteiger partial charge >= 0.3 is 5.97 Å². The Morgan fingerprint density at radius 3 is 1.81 bits per heavy atom. The highest BCUT2D eigenvalue weighted by molar-refractivity contribution is 5.81. The van der Waals surface area contributed by atoms with Gasteiger partial charge in [0, 0.05) is 6.08 Å². The number of hydrogen-bond acceptors (Lipinski definition) is 3. The summed E-state index contributed by atoms with van der Waals surface area (Å²) in [6.07, 6.45) is 3.86. The van der Waals surface area contributed by atoms with E-state index in [1.165, 1.54) is 17.2 Å². The minimum absolute atomic E-state index is 0.250. The zero-order valence-corrected chi connectivity index (χ0v) is 20.9. The summed E-state index contributed by atoms with van der Waals surface area (Å²) in [5.74, 6) is -0.0585. The molecule has 2 aromatic rings. The summed E-state index contributed by atoms with van der Waals surface area (Å²) in [6, 6.07) is 15.5. The molecular formula is C29H40O3. The van der Waals surface area contributed by atoms with E-state index in [-0.39, 0.29) is 17.0 Å². The van der Waals surface area contributed by atoms with Crippen molar-refractivity contribution in [2.45, 2.75) is 65.9 Å². The number of rotatable bonds is 5. The topological polar surface area (TPSA) is 46.5 Å². The third kappa shape index (κ3) is 11.9. The maximum absolute atomic E-state index is 10.6. The Kier molecular flexibility index (Phi) is 12.1. The van der Waals surface area contributed by atoms with Crippen LogP contribution in [-0.4, -0.2) is 16.7 Å². The van der Waals surface area contributed by atoms with Crippen LogP contribution in [0.2, 0.25) is 0 Å². The molecule has 3 nitrogen and oxygen atoms in total. The number of esters is 1. The molecule has 0 fully saturated rings. The van der Waals surface area contributed by atoms with Gasteiger partial charge in [-0.3, -0.25) is 0 Å². The summed E-state index contributed by atoms with van der Waals surface area (Å²) >= 11 is 0. The zero-order valence-electron chi connectivity index (χ0n) is 20.9. The van der Waals surface area contributed by atoms with Gasteiger partial charge in [-0.05, 0) is 61.4 Å². The van der Waals surface area contributed by atoms with Crippen LogP contribution in [0.5, 0.6) is 5.75 Å². The average Bonchev–Trinajstić information content (AvgIpc) is 2.74. The van der Waals surface area contributed by atoms with E-state index in [0.29, 0.717) is 5.75 Å². The Bertz CT molecular complexity index is 864. The third-order valence-electron chi connectivity index (χ3n) is 4.77. The molecule has 0 unspecified atom stereocenters. The smallest absolute Gasteiger partial charge is 0.330 e. The Morgan fingerprint density at radius 2 is 1.47 bits per heavy atom. The molecule has 0 saturated carbocycles. The molecule has 0 bridgehead atoms. The van der Waals surface area contributed by atoms with Crippen LogP contribution in [0.1, 0.15) is 71.6 Å². The van der Waals surface area contributed by atoms with Crippen LogP contribution >= 0.6 is 0 Å². The minimum Gasteiger partial charge on any atom is -0.508 e. The normalized spacial score (nSPS) is 10.5. The predicted molar refractivity (Wildman–Crippen MR) is 139 cm³/mol. The fraction of sp³-hybridized carbons (Fsp3) is 0.345. The van der Waals surface area contributed by atoms with E-state index < -0.39 is 0 Å². The van der Waals surface area contributed by atoms with Crippen molar-refractivity contribution in [1.29, 1.82) is 0 Å². The summed E-state index contributed by atoms with van der Waals surface area (Å²) in [7, 11) is 0. The van der Waals surface area contributed by atoms with Gasteiger partial charge in [-0.25, -0.2) is 4.79 Å². The molecule has 2 rings (SSSR count). The molecule has 0 aliphatic carbocycles. The van der Waals surface area contributed by atoms with Crippen molar-refractivity contribution in [3.8, 4) is 5.75 Å². The summed E-state index contributed by atoms with van der Waals surface area (Å²) < 4.78 is 4.98. The number of phenolic OH excluding ortho intramolecular Hbond substituents is 1. The number of ether oxygens (including phenoxy) is 1. The van der Waals surface area contributed by atoms with Crippen LogP contribution < -0.4 is 0 Å². The Balaban J connectivity index is 0.000000454. The van der Waals surface area contributed by atoms with Crippen LogP contribution in [0.15, 0.2) is 74.3 Å². The van der Waals surface area contributed by atoms with Crippen LogP contribution in [0.25, 0.3) is 11.6 Å². The highest BCUT2D eigenvalue weighted by Crippen LogP contribution is 2.22. The third-order valence-corrected chi connectivity index (χ3v) is 4.77. The van der Waals surface area contributed by atoms with Crippen molar-refractivity contribution in [2.24, 2.45) is 0 Å². The minimum atomic E-state index is -0.356. The number of carbonyl (C=O) groups excluding carboxylic acids is 1. The SMILES string of the molecule is C=C(C)c1ccc(O)cc1.C=CC(=O)OC(C)(C)CC.C=Cc1ccc(C(C)(C)C)cc1. The highest BCUT2D eigenvalue weighted by atomic mass is 16.6. The zero-order chi connectivity index (χ0) is 24.9. The lowest BCUT2D eigenvalue weighted by molar-refractivity contribution is -0.150. The fourth-order valence-electron chi connectivity index (χ4n) is 2.25. The Labute approximate surface area is 195 Å². The number of allylic oxidation sites excluding steroid dienone is 1. The second-order valence-electron chi connectivity index (χ2n) is 9.14. The van der Waals surface area contributed by atoms with Crippen LogP contribution in [-0.2, 0) is 14.9 Å². The lowest BCUT2D eigenvalue weighted by Crippen LogP contribution is -2.25. The number of aromatic hydroxyl groups is 1. The average molecular weight is 437 g/mol. The number of carbonyl (C=O) groups is 1. The Hall–Kier alpha value is -3.07. The maximum Gasteiger partial charge on any atom is 0.330 e. The van der Waals surface area contributed by atoms with E-state index in [2.05, 4.69) is 64.8 Å². The van der Waals surface area contributed by atoms with Gasteiger partial charge in [0.15, 0.2) is 0 Å². The van der Waals surface area contributed by atoms with E-state index >= 15 is 0 Å². The molecule has 1 N–H and O–H groups in total. The van der Waals surface area contributed by atoms with Gasteiger partial charge in [-0.1, -0.05) is 95.5 Å². The molecule has 0 aliphatic rings. The van der Waals surface area contributed by atoms with Gasteiger partial charge in [0.25, 0.3) is 0 Å². The molecule has 0 saturated heterocycles.